The average molecular weight is 353 g/mol. The third-order valence-corrected chi connectivity index (χ3v) is 7.69. The highest BCUT2D eigenvalue weighted by molar-refractivity contribution is 6.75. The molecule has 0 aliphatic heterocycles. The van der Waals surface area contributed by atoms with E-state index < -0.39 is 8.80 Å². The summed E-state index contributed by atoms with van der Waals surface area (Å²) in [5, 5.41) is 1.07. The fourth-order valence-electron chi connectivity index (χ4n) is 2.28. The van der Waals surface area contributed by atoms with Gasteiger partial charge >= 0.3 is 8.80 Å². The molecule has 1 aromatic rings. The topological polar surface area (TPSA) is 27.7 Å². The van der Waals surface area contributed by atoms with Gasteiger partial charge in [0.1, 0.15) is 0 Å². The Bertz CT molecular complexity index is 429. The highest BCUT2D eigenvalue weighted by Gasteiger charge is 2.47. The lowest BCUT2D eigenvalue weighted by Gasteiger charge is -2.36. The summed E-state index contributed by atoms with van der Waals surface area (Å²) in [6.07, 6.45) is 4.17. The molecule has 0 radical (unpaired) electrons. The molecule has 0 heterocycles. The van der Waals surface area contributed by atoms with Crippen LogP contribution in [0.25, 0.3) is 0 Å². The summed E-state index contributed by atoms with van der Waals surface area (Å²) in [4.78, 5) is 0. The molecule has 0 fully saturated rings. The lowest BCUT2D eigenvalue weighted by Crippen LogP contribution is -2.60. The number of benzene rings is 1. The molecule has 0 spiro atoms. The van der Waals surface area contributed by atoms with Gasteiger partial charge in [-0.25, -0.2) is 0 Å². The van der Waals surface area contributed by atoms with Crippen molar-refractivity contribution in [2.45, 2.75) is 92.5 Å². The van der Waals surface area contributed by atoms with E-state index in [1.165, 1.54) is 5.56 Å². The molecule has 3 atom stereocenters. The molecule has 4 heteroatoms. The third kappa shape index (κ3) is 5.99. The number of rotatable bonds is 11. The second-order valence-electron chi connectivity index (χ2n) is 6.62. The summed E-state index contributed by atoms with van der Waals surface area (Å²) >= 11 is 0. The minimum Gasteiger partial charge on any atom is -0.367 e. The molecule has 0 saturated heterocycles. The summed E-state index contributed by atoms with van der Waals surface area (Å²) in [5.74, 6) is 0. The summed E-state index contributed by atoms with van der Waals surface area (Å²) in [6.45, 7) is 14.9. The van der Waals surface area contributed by atoms with Crippen molar-refractivity contribution in [3.63, 3.8) is 0 Å². The van der Waals surface area contributed by atoms with Crippen LogP contribution in [0, 0.1) is 0 Å². The van der Waals surface area contributed by atoms with Crippen LogP contribution >= 0.6 is 0 Å². The summed E-state index contributed by atoms with van der Waals surface area (Å²) < 4.78 is 19.5. The molecular weight excluding hydrogens is 316 g/mol. The summed E-state index contributed by atoms with van der Waals surface area (Å²) in [5.41, 5.74) is 1.32. The van der Waals surface area contributed by atoms with E-state index in [4.69, 9.17) is 13.3 Å². The quantitative estimate of drug-likeness (QED) is 0.533. The molecule has 1 rings (SSSR count). The van der Waals surface area contributed by atoms with Gasteiger partial charge in [0, 0.05) is 23.5 Å². The van der Waals surface area contributed by atoms with E-state index >= 15 is 0 Å². The number of aryl methyl sites for hydroxylation is 1. The molecule has 24 heavy (non-hydrogen) atoms. The Morgan fingerprint density at radius 3 is 1.38 bits per heavy atom. The lowest BCUT2D eigenvalue weighted by molar-refractivity contribution is 0.000762. The van der Waals surface area contributed by atoms with Crippen molar-refractivity contribution >= 4 is 14.0 Å². The van der Waals surface area contributed by atoms with Gasteiger partial charge in [0.25, 0.3) is 0 Å². The maximum absolute atomic E-state index is 6.49. The van der Waals surface area contributed by atoms with Gasteiger partial charge in [0.2, 0.25) is 0 Å². The van der Waals surface area contributed by atoms with E-state index in [1.54, 1.807) is 0 Å². The van der Waals surface area contributed by atoms with Crippen LogP contribution in [-0.2, 0) is 19.7 Å². The minimum absolute atomic E-state index is 0.107. The van der Waals surface area contributed by atoms with Gasteiger partial charge in [-0.3, -0.25) is 0 Å². The number of hydrogen-bond donors (Lipinski definition) is 0. The molecule has 3 nitrogen and oxygen atoms in total. The van der Waals surface area contributed by atoms with Gasteiger partial charge in [0.05, 0.1) is 0 Å². The summed E-state index contributed by atoms with van der Waals surface area (Å²) in [6, 6.07) is 8.60. The molecule has 1 aromatic carbocycles. The first-order chi connectivity index (χ1) is 11.4. The van der Waals surface area contributed by atoms with E-state index in [9.17, 15) is 0 Å². The molecular formula is C20H36O3Si. The van der Waals surface area contributed by atoms with Crippen LogP contribution in [-0.4, -0.2) is 27.1 Å². The number of hydrogen-bond acceptors (Lipinski definition) is 3. The molecule has 0 N–H and O–H groups in total. The van der Waals surface area contributed by atoms with Gasteiger partial charge in [-0.2, -0.15) is 0 Å². The van der Waals surface area contributed by atoms with E-state index in [0.29, 0.717) is 0 Å². The van der Waals surface area contributed by atoms with Crippen molar-refractivity contribution in [3.8, 4) is 0 Å². The zero-order chi connectivity index (χ0) is 18.2. The second kappa shape index (κ2) is 10.3. The smallest absolute Gasteiger partial charge is 0.367 e. The van der Waals surface area contributed by atoms with Crippen LogP contribution in [0.4, 0.5) is 0 Å². The maximum atomic E-state index is 6.49. The Labute approximate surface area is 150 Å². The van der Waals surface area contributed by atoms with Gasteiger partial charge in [-0.15, -0.1) is 0 Å². The fraction of sp³-hybridized carbons (Fsp3) is 0.700. The lowest BCUT2D eigenvalue weighted by atomic mass is 10.2. The normalized spacial score (nSPS) is 18.0. The van der Waals surface area contributed by atoms with Crippen LogP contribution in [0.5, 0.6) is 0 Å². The van der Waals surface area contributed by atoms with Crippen molar-refractivity contribution in [1.82, 2.24) is 0 Å². The van der Waals surface area contributed by atoms with Crippen molar-refractivity contribution in [3.05, 3.63) is 29.8 Å². The maximum Gasteiger partial charge on any atom is 0.537 e. The van der Waals surface area contributed by atoms with E-state index in [2.05, 4.69) is 72.7 Å². The van der Waals surface area contributed by atoms with Crippen LogP contribution < -0.4 is 5.19 Å². The minimum atomic E-state index is -2.96. The Balaban J connectivity index is 3.28. The van der Waals surface area contributed by atoms with Crippen LogP contribution in [0.15, 0.2) is 24.3 Å². The first kappa shape index (κ1) is 21.4. The molecule has 0 aromatic heterocycles. The van der Waals surface area contributed by atoms with Crippen molar-refractivity contribution in [1.29, 1.82) is 0 Å². The molecule has 3 unspecified atom stereocenters. The Kier molecular flexibility index (Phi) is 9.20. The first-order valence-corrected chi connectivity index (χ1v) is 11.3. The molecule has 0 aliphatic carbocycles. The molecule has 0 amide bonds. The molecule has 0 aliphatic rings. The van der Waals surface area contributed by atoms with E-state index in [1.807, 2.05) is 0 Å². The third-order valence-electron chi connectivity index (χ3n) is 4.51. The molecule has 0 bridgehead atoms. The highest BCUT2D eigenvalue weighted by atomic mass is 28.4. The van der Waals surface area contributed by atoms with Crippen molar-refractivity contribution in [2.24, 2.45) is 0 Å². The zero-order valence-electron chi connectivity index (χ0n) is 16.6. The fourth-order valence-corrected chi connectivity index (χ4v) is 5.52. The van der Waals surface area contributed by atoms with E-state index in [-0.39, 0.29) is 18.3 Å². The predicted octanol–water partition coefficient (Wildman–Crippen LogP) is 4.84. The zero-order valence-corrected chi connectivity index (χ0v) is 17.6. The first-order valence-electron chi connectivity index (χ1n) is 9.53. The summed E-state index contributed by atoms with van der Waals surface area (Å²) in [7, 11) is -2.96. The van der Waals surface area contributed by atoms with E-state index in [0.717, 1.165) is 30.9 Å². The average Bonchev–Trinajstić information content (AvgIpc) is 2.61. The van der Waals surface area contributed by atoms with Gasteiger partial charge in [0.15, 0.2) is 0 Å². The molecule has 0 saturated carbocycles. The largest absolute Gasteiger partial charge is 0.537 e. The second-order valence-corrected chi connectivity index (χ2v) is 9.01. The van der Waals surface area contributed by atoms with Crippen molar-refractivity contribution in [2.75, 3.05) is 0 Å². The SMILES string of the molecule is CCc1ccc([Si](OC(C)CC)(OC(C)CC)OC(C)CC)cc1. The van der Waals surface area contributed by atoms with Crippen LogP contribution in [0.1, 0.15) is 73.3 Å². The predicted molar refractivity (Wildman–Crippen MR) is 104 cm³/mol. The standard InChI is InChI=1S/C20H36O3Si/c1-8-16(5)21-24(22-17(6)9-2,23-18(7)10-3)20-14-12-19(11-4)13-15-20/h12-18H,8-11H2,1-7H3. The van der Waals surface area contributed by atoms with Crippen LogP contribution in [0.2, 0.25) is 0 Å². The Hall–Kier alpha value is -0.683. The Morgan fingerprint density at radius 1 is 0.708 bits per heavy atom. The van der Waals surface area contributed by atoms with Gasteiger partial charge < -0.3 is 13.3 Å². The van der Waals surface area contributed by atoms with Gasteiger partial charge in [-0.05, 0) is 52.0 Å². The highest BCUT2D eigenvalue weighted by Crippen LogP contribution is 2.21. The van der Waals surface area contributed by atoms with Crippen molar-refractivity contribution < 1.29 is 13.3 Å². The molecule has 138 valence electrons. The van der Waals surface area contributed by atoms with Crippen LogP contribution in [0.3, 0.4) is 0 Å². The monoisotopic (exact) mass is 352 g/mol. The Morgan fingerprint density at radius 2 is 1.08 bits per heavy atom. The van der Waals surface area contributed by atoms with Gasteiger partial charge in [-0.1, -0.05) is 52.0 Å².